The Labute approximate surface area is 120 Å². The van der Waals surface area contributed by atoms with Crippen molar-refractivity contribution in [2.24, 2.45) is 0 Å². The highest BCUT2D eigenvalue weighted by molar-refractivity contribution is 8.13. The lowest BCUT2D eigenvalue weighted by atomic mass is 10.3. The standard InChI is InChI=1S/C10H6ClF4N3O2S/c11-21(19,20)9-17-16-8(10(14,15)7(12)13)18(9)6-4-2-1-3-5-6/h1-5,7H. The molecule has 0 radical (unpaired) electrons. The number of para-hydroxylation sites is 1. The number of benzene rings is 1. The lowest BCUT2D eigenvalue weighted by molar-refractivity contribution is -0.142. The Bertz CT molecular complexity index is 749. The highest BCUT2D eigenvalue weighted by Gasteiger charge is 2.49. The maximum atomic E-state index is 13.5. The highest BCUT2D eigenvalue weighted by atomic mass is 35.7. The van der Waals surface area contributed by atoms with Gasteiger partial charge in [-0.3, -0.25) is 4.57 Å². The minimum atomic E-state index is -4.69. The van der Waals surface area contributed by atoms with E-state index in [9.17, 15) is 26.0 Å². The molecule has 11 heteroatoms. The number of rotatable bonds is 4. The molecule has 0 aliphatic heterocycles. The molecule has 0 aliphatic rings. The van der Waals surface area contributed by atoms with Gasteiger partial charge in [0.1, 0.15) is 0 Å². The molecular formula is C10H6ClF4N3O2S. The van der Waals surface area contributed by atoms with Crippen LogP contribution in [0, 0.1) is 0 Å². The molecule has 5 nitrogen and oxygen atoms in total. The second-order valence-electron chi connectivity index (χ2n) is 3.84. The molecule has 0 aliphatic carbocycles. The second-order valence-corrected chi connectivity index (χ2v) is 6.30. The van der Waals surface area contributed by atoms with Crippen LogP contribution in [0.5, 0.6) is 0 Å². The highest BCUT2D eigenvalue weighted by Crippen LogP contribution is 2.36. The third kappa shape index (κ3) is 2.86. The predicted octanol–water partition coefficient (Wildman–Crippen LogP) is 2.55. The van der Waals surface area contributed by atoms with Gasteiger partial charge < -0.3 is 0 Å². The maximum absolute atomic E-state index is 13.5. The lowest BCUT2D eigenvalue weighted by Gasteiger charge is -2.16. The Morgan fingerprint density at radius 2 is 1.71 bits per heavy atom. The number of hydrogen-bond donors (Lipinski definition) is 0. The molecule has 1 aromatic heterocycles. The first-order valence-electron chi connectivity index (χ1n) is 5.27. The van der Waals surface area contributed by atoms with Gasteiger partial charge in [0.05, 0.1) is 0 Å². The van der Waals surface area contributed by atoms with Gasteiger partial charge in [0, 0.05) is 16.4 Å². The van der Waals surface area contributed by atoms with Crippen molar-refractivity contribution in [3.05, 3.63) is 36.2 Å². The third-order valence-corrected chi connectivity index (χ3v) is 3.55. The molecule has 0 amide bonds. The Hall–Kier alpha value is -1.68. The fourth-order valence-electron chi connectivity index (χ4n) is 1.55. The Kier molecular flexibility index (Phi) is 3.93. The second kappa shape index (κ2) is 5.26. The van der Waals surface area contributed by atoms with Crippen LogP contribution in [0.2, 0.25) is 0 Å². The van der Waals surface area contributed by atoms with Crippen molar-refractivity contribution in [3.63, 3.8) is 0 Å². The minimum Gasteiger partial charge on any atom is -0.264 e. The number of nitrogens with zero attached hydrogens (tertiary/aromatic N) is 3. The van der Waals surface area contributed by atoms with E-state index in [0.717, 1.165) is 0 Å². The molecule has 0 unspecified atom stereocenters. The summed E-state index contributed by atoms with van der Waals surface area (Å²) in [5.41, 5.74) is -0.142. The molecule has 0 fully saturated rings. The number of alkyl halides is 4. The van der Waals surface area contributed by atoms with Gasteiger partial charge in [-0.15, -0.1) is 10.2 Å². The zero-order valence-electron chi connectivity index (χ0n) is 9.92. The van der Waals surface area contributed by atoms with Gasteiger partial charge in [-0.05, 0) is 12.1 Å². The van der Waals surface area contributed by atoms with Gasteiger partial charge >= 0.3 is 12.3 Å². The molecule has 114 valence electrons. The molecule has 0 spiro atoms. The largest absolute Gasteiger partial charge is 0.366 e. The average molecular weight is 344 g/mol. The molecule has 0 atom stereocenters. The minimum absolute atomic E-state index is 0.142. The smallest absolute Gasteiger partial charge is 0.264 e. The van der Waals surface area contributed by atoms with Gasteiger partial charge in [-0.1, -0.05) is 18.2 Å². The van der Waals surface area contributed by atoms with Crippen LogP contribution in [0.15, 0.2) is 35.5 Å². The summed E-state index contributed by atoms with van der Waals surface area (Å²) in [4.78, 5) is 0. The van der Waals surface area contributed by atoms with Crippen LogP contribution in [0.1, 0.15) is 5.82 Å². The molecule has 2 rings (SSSR count). The van der Waals surface area contributed by atoms with E-state index in [0.29, 0.717) is 0 Å². The fraction of sp³-hybridized carbons (Fsp3) is 0.200. The normalized spacial score (nSPS) is 12.9. The van der Waals surface area contributed by atoms with Crippen molar-refractivity contribution >= 4 is 19.7 Å². The molecule has 2 aromatic rings. The first kappa shape index (κ1) is 15.7. The Morgan fingerprint density at radius 3 is 2.19 bits per heavy atom. The fourth-order valence-corrected chi connectivity index (χ4v) is 2.40. The quantitative estimate of drug-likeness (QED) is 0.632. The van der Waals surface area contributed by atoms with Crippen molar-refractivity contribution < 1.29 is 26.0 Å². The molecule has 1 aromatic carbocycles. The lowest BCUT2D eigenvalue weighted by Crippen LogP contribution is -2.28. The molecular weight excluding hydrogens is 338 g/mol. The Balaban J connectivity index is 2.79. The topological polar surface area (TPSA) is 64.8 Å². The predicted molar refractivity (Wildman–Crippen MR) is 64.3 cm³/mol. The molecule has 1 heterocycles. The van der Waals surface area contributed by atoms with Crippen LogP contribution in [-0.2, 0) is 15.0 Å². The van der Waals surface area contributed by atoms with E-state index in [1.807, 2.05) is 0 Å². The van der Waals surface area contributed by atoms with Gasteiger partial charge in [0.25, 0.3) is 14.2 Å². The van der Waals surface area contributed by atoms with E-state index in [2.05, 4.69) is 10.2 Å². The van der Waals surface area contributed by atoms with Crippen molar-refractivity contribution in [1.29, 1.82) is 0 Å². The number of aromatic nitrogens is 3. The van der Waals surface area contributed by atoms with E-state index >= 15 is 0 Å². The maximum Gasteiger partial charge on any atom is 0.366 e. The van der Waals surface area contributed by atoms with Crippen molar-refractivity contribution in [2.45, 2.75) is 17.5 Å². The van der Waals surface area contributed by atoms with Crippen LogP contribution in [0.25, 0.3) is 5.69 Å². The molecule has 21 heavy (non-hydrogen) atoms. The average Bonchev–Trinajstić information content (AvgIpc) is 2.84. The van der Waals surface area contributed by atoms with Gasteiger partial charge in [-0.2, -0.15) is 8.78 Å². The van der Waals surface area contributed by atoms with Crippen LogP contribution in [0.4, 0.5) is 17.6 Å². The van der Waals surface area contributed by atoms with Crippen LogP contribution in [-0.4, -0.2) is 29.6 Å². The molecule has 0 N–H and O–H groups in total. The van der Waals surface area contributed by atoms with Crippen LogP contribution in [0.3, 0.4) is 0 Å². The first-order chi connectivity index (χ1) is 9.65. The zero-order chi connectivity index (χ0) is 15.8. The SMILES string of the molecule is O=S(=O)(Cl)c1nnc(C(F)(F)C(F)F)n1-c1ccccc1. The summed E-state index contributed by atoms with van der Waals surface area (Å²) in [6.07, 6.45) is -4.09. The van der Waals surface area contributed by atoms with Crippen LogP contribution >= 0.6 is 10.7 Å². The van der Waals surface area contributed by atoms with Gasteiger partial charge in [0.15, 0.2) is 0 Å². The third-order valence-electron chi connectivity index (χ3n) is 2.44. The summed E-state index contributed by atoms with van der Waals surface area (Å²) in [6.45, 7) is 0. The van der Waals surface area contributed by atoms with Crippen molar-refractivity contribution in [2.75, 3.05) is 0 Å². The Morgan fingerprint density at radius 1 is 1.14 bits per heavy atom. The van der Waals surface area contributed by atoms with E-state index in [-0.39, 0.29) is 10.3 Å². The zero-order valence-corrected chi connectivity index (χ0v) is 11.5. The molecule has 0 saturated carbocycles. The van der Waals surface area contributed by atoms with Crippen molar-refractivity contribution in [3.8, 4) is 5.69 Å². The number of hydrogen-bond acceptors (Lipinski definition) is 4. The summed E-state index contributed by atoms with van der Waals surface area (Å²) in [5.74, 6) is -6.20. The van der Waals surface area contributed by atoms with Gasteiger partial charge in [0.2, 0.25) is 5.82 Å². The monoisotopic (exact) mass is 343 g/mol. The summed E-state index contributed by atoms with van der Waals surface area (Å²) in [5, 5.41) is 4.80. The first-order valence-corrected chi connectivity index (χ1v) is 7.58. The van der Waals surface area contributed by atoms with E-state index < -0.39 is 32.4 Å². The summed E-state index contributed by atoms with van der Waals surface area (Å²) in [7, 11) is 0.510. The van der Waals surface area contributed by atoms with E-state index in [1.54, 1.807) is 0 Å². The summed E-state index contributed by atoms with van der Waals surface area (Å²) in [6, 6.07) is 6.75. The van der Waals surface area contributed by atoms with Crippen molar-refractivity contribution in [1.82, 2.24) is 14.8 Å². The van der Waals surface area contributed by atoms with Gasteiger partial charge in [-0.25, -0.2) is 17.2 Å². The van der Waals surface area contributed by atoms with Crippen LogP contribution < -0.4 is 0 Å². The van der Waals surface area contributed by atoms with E-state index in [4.69, 9.17) is 10.7 Å². The molecule has 0 bridgehead atoms. The molecule has 0 saturated heterocycles. The summed E-state index contributed by atoms with van der Waals surface area (Å²) < 4.78 is 75.0. The van der Waals surface area contributed by atoms with E-state index in [1.165, 1.54) is 30.3 Å². The summed E-state index contributed by atoms with van der Waals surface area (Å²) >= 11 is 0. The number of halogens is 5.